The molecule has 5 rings (SSSR count). The molecule has 1 atom stereocenters. The van der Waals surface area contributed by atoms with Gasteiger partial charge in [-0.15, -0.1) is 0 Å². The third kappa shape index (κ3) is 5.97. The van der Waals surface area contributed by atoms with Crippen LogP contribution in [0.25, 0.3) is 22.0 Å². The van der Waals surface area contributed by atoms with Crippen molar-refractivity contribution in [3.63, 3.8) is 0 Å². The molecule has 1 aliphatic rings. The number of benzene rings is 3. The minimum absolute atomic E-state index is 0.112. The van der Waals surface area contributed by atoms with Crippen molar-refractivity contribution in [3.8, 4) is 11.3 Å². The summed E-state index contributed by atoms with van der Waals surface area (Å²) in [6.45, 7) is 4.91. The number of amides is 1. The highest BCUT2D eigenvalue weighted by Gasteiger charge is 2.33. The fourth-order valence-corrected chi connectivity index (χ4v) is 5.13. The van der Waals surface area contributed by atoms with Crippen LogP contribution < -0.4 is 0 Å². The molecule has 1 amide bonds. The quantitative estimate of drug-likeness (QED) is 0.337. The van der Waals surface area contributed by atoms with Crippen molar-refractivity contribution in [2.75, 3.05) is 26.2 Å². The SMILES string of the molecule is CCC(=O)CCCN1CCN(C(=O)Cc2ccccc2)C(c2ncc(-c3ccc4ccccc4c3)[nH]2)C1. The molecular weight excluding hydrogens is 460 g/mol. The summed E-state index contributed by atoms with van der Waals surface area (Å²) in [5.41, 5.74) is 3.04. The molecule has 1 fully saturated rings. The molecule has 6 nitrogen and oxygen atoms in total. The van der Waals surface area contributed by atoms with Gasteiger partial charge in [0.15, 0.2) is 0 Å². The summed E-state index contributed by atoms with van der Waals surface area (Å²) in [5, 5.41) is 2.38. The first-order valence-corrected chi connectivity index (χ1v) is 13.2. The second kappa shape index (κ2) is 11.5. The number of aromatic amines is 1. The number of Topliss-reactive ketones (excluding diaryl/α,β-unsaturated/α-hetero) is 1. The molecule has 190 valence electrons. The number of fused-ring (bicyclic) bond motifs is 1. The molecule has 37 heavy (non-hydrogen) atoms. The summed E-state index contributed by atoms with van der Waals surface area (Å²) in [5.74, 6) is 1.22. The lowest BCUT2D eigenvalue weighted by Gasteiger charge is -2.40. The number of imidazole rings is 1. The van der Waals surface area contributed by atoms with E-state index in [1.165, 1.54) is 10.8 Å². The minimum Gasteiger partial charge on any atom is -0.340 e. The molecule has 0 spiro atoms. The second-order valence-corrected chi connectivity index (χ2v) is 9.81. The molecule has 0 aliphatic carbocycles. The number of piperazine rings is 1. The van der Waals surface area contributed by atoms with Gasteiger partial charge in [-0.05, 0) is 35.4 Å². The van der Waals surface area contributed by atoms with Gasteiger partial charge in [0.05, 0.1) is 18.3 Å². The molecule has 1 unspecified atom stereocenters. The number of nitrogens with one attached hydrogen (secondary N) is 1. The van der Waals surface area contributed by atoms with Crippen LogP contribution in [0.5, 0.6) is 0 Å². The van der Waals surface area contributed by atoms with E-state index in [1.54, 1.807) is 0 Å². The number of aromatic nitrogens is 2. The van der Waals surface area contributed by atoms with Gasteiger partial charge < -0.3 is 9.88 Å². The van der Waals surface area contributed by atoms with E-state index < -0.39 is 0 Å². The number of ketones is 1. The predicted molar refractivity (Wildman–Crippen MR) is 147 cm³/mol. The smallest absolute Gasteiger partial charge is 0.227 e. The highest BCUT2D eigenvalue weighted by molar-refractivity contribution is 5.86. The highest BCUT2D eigenvalue weighted by Crippen LogP contribution is 2.28. The number of carbonyl (C=O) groups excluding carboxylic acids is 2. The van der Waals surface area contributed by atoms with Gasteiger partial charge in [0.25, 0.3) is 0 Å². The number of nitrogens with zero attached hydrogens (tertiary/aromatic N) is 3. The summed E-state index contributed by atoms with van der Waals surface area (Å²) >= 11 is 0. The minimum atomic E-state index is -0.166. The number of H-pyrrole nitrogens is 1. The first-order valence-electron chi connectivity index (χ1n) is 13.2. The van der Waals surface area contributed by atoms with E-state index >= 15 is 0 Å². The van der Waals surface area contributed by atoms with Crippen molar-refractivity contribution in [1.29, 1.82) is 0 Å². The maximum absolute atomic E-state index is 13.4. The molecular formula is C31H34N4O2. The third-order valence-electron chi connectivity index (χ3n) is 7.28. The molecule has 1 aliphatic heterocycles. The topological polar surface area (TPSA) is 69.3 Å². The lowest BCUT2D eigenvalue weighted by molar-refractivity contribution is -0.135. The molecule has 1 saturated heterocycles. The Hall–Kier alpha value is -3.77. The molecule has 4 aromatic rings. The number of carbonyl (C=O) groups is 2. The van der Waals surface area contributed by atoms with E-state index in [0.717, 1.165) is 42.2 Å². The van der Waals surface area contributed by atoms with Crippen LogP contribution in [0.2, 0.25) is 0 Å². The van der Waals surface area contributed by atoms with E-state index in [0.29, 0.717) is 38.1 Å². The number of hydrogen-bond donors (Lipinski definition) is 1. The van der Waals surface area contributed by atoms with Gasteiger partial charge in [0.2, 0.25) is 5.91 Å². The highest BCUT2D eigenvalue weighted by atomic mass is 16.2. The Labute approximate surface area is 218 Å². The van der Waals surface area contributed by atoms with Gasteiger partial charge in [0, 0.05) is 38.0 Å². The summed E-state index contributed by atoms with van der Waals surface area (Å²) in [4.78, 5) is 37.9. The van der Waals surface area contributed by atoms with E-state index in [4.69, 9.17) is 4.98 Å². The monoisotopic (exact) mass is 494 g/mol. The second-order valence-electron chi connectivity index (χ2n) is 9.81. The van der Waals surface area contributed by atoms with Crippen LogP contribution in [-0.4, -0.2) is 57.6 Å². The Balaban J connectivity index is 1.37. The van der Waals surface area contributed by atoms with Crippen LogP contribution in [0, 0.1) is 0 Å². The Morgan fingerprint density at radius 1 is 0.973 bits per heavy atom. The van der Waals surface area contributed by atoms with Gasteiger partial charge in [-0.25, -0.2) is 4.98 Å². The van der Waals surface area contributed by atoms with E-state index in [1.807, 2.05) is 60.5 Å². The van der Waals surface area contributed by atoms with Crippen LogP contribution in [0.1, 0.15) is 43.6 Å². The maximum Gasteiger partial charge on any atom is 0.227 e. The summed E-state index contributed by atoms with van der Waals surface area (Å²) in [7, 11) is 0. The van der Waals surface area contributed by atoms with Crippen LogP contribution in [0.3, 0.4) is 0 Å². The van der Waals surface area contributed by atoms with Crippen molar-refractivity contribution in [1.82, 2.24) is 19.8 Å². The molecule has 6 heteroatoms. The lowest BCUT2D eigenvalue weighted by atomic mass is 10.1. The maximum atomic E-state index is 13.4. The van der Waals surface area contributed by atoms with Crippen LogP contribution in [0.4, 0.5) is 0 Å². The van der Waals surface area contributed by atoms with Gasteiger partial charge in [0.1, 0.15) is 17.6 Å². The molecule has 3 aromatic carbocycles. The molecule has 1 N–H and O–H groups in total. The first-order chi connectivity index (χ1) is 18.1. The normalized spacial score (nSPS) is 16.2. The van der Waals surface area contributed by atoms with Gasteiger partial charge in [-0.3, -0.25) is 14.5 Å². The van der Waals surface area contributed by atoms with Crippen molar-refractivity contribution in [2.45, 2.75) is 38.6 Å². The molecule has 0 saturated carbocycles. The summed E-state index contributed by atoms with van der Waals surface area (Å²) < 4.78 is 0. The lowest BCUT2D eigenvalue weighted by Crippen LogP contribution is -2.51. The Morgan fingerprint density at radius 2 is 1.76 bits per heavy atom. The summed E-state index contributed by atoms with van der Waals surface area (Å²) in [6, 6.07) is 24.5. The van der Waals surface area contributed by atoms with Crippen molar-refractivity contribution >= 4 is 22.5 Å². The fraction of sp³-hybridized carbons (Fsp3) is 0.323. The van der Waals surface area contributed by atoms with E-state index in [9.17, 15) is 9.59 Å². The Bertz CT molecular complexity index is 1360. The van der Waals surface area contributed by atoms with Crippen LogP contribution in [0.15, 0.2) is 79.0 Å². The third-order valence-corrected chi connectivity index (χ3v) is 7.28. The predicted octanol–water partition coefficient (Wildman–Crippen LogP) is 5.42. The van der Waals surface area contributed by atoms with Gasteiger partial charge >= 0.3 is 0 Å². The summed E-state index contributed by atoms with van der Waals surface area (Å²) in [6.07, 6.45) is 4.30. The molecule has 0 bridgehead atoms. The molecule has 0 radical (unpaired) electrons. The first kappa shape index (κ1) is 24.9. The van der Waals surface area contributed by atoms with Gasteiger partial charge in [-0.2, -0.15) is 0 Å². The number of rotatable bonds is 9. The zero-order valence-corrected chi connectivity index (χ0v) is 21.4. The van der Waals surface area contributed by atoms with Crippen molar-refractivity contribution < 1.29 is 9.59 Å². The average molecular weight is 495 g/mol. The van der Waals surface area contributed by atoms with Crippen LogP contribution >= 0.6 is 0 Å². The number of hydrogen-bond acceptors (Lipinski definition) is 4. The molecule has 2 heterocycles. The zero-order chi connectivity index (χ0) is 25.6. The van der Waals surface area contributed by atoms with Crippen molar-refractivity contribution in [3.05, 3.63) is 90.4 Å². The van der Waals surface area contributed by atoms with E-state index in [-0.39, 0.29) is 11.9 Å². The Morgan fingerprint density at radius 3 is 2.57 bits per heavy atom. The average Bonchev–Trinajstić information content (AvgIpc) is 3.43. The fourth-order valence-electron chi connectivity index (χ4n) is 5.13. The van der Waals surface area contributed by atoms with Crippen LogP contribution in [-0.2, 0) is 16.0 Å². The largest absolute Gasteiger partial charge is 0.340 e. The van der Waals surface area contributed by atoms with Crippen molar-refractivity contribution in [2.24, 2.45) is 0 Å². The Kier molecular flexibility index (Phi) is 7.76. The zero-order valence-electron chi connectivity index (χ0n) is 21.4. The standard InChI is InChI=1S/C31H34N4O2/c1-2-27(36)13-8-16-34-17-18-35(30(37)19-23-9-4-3-5-10-23)29(22-34)31-32-21-28(33-31)26-15-14-24-11-6-7-12-25(24)20-26/h3-7,9-12,14-15,20-21,29H,2,8,13,16-19,22H2,1H3,(H,32,33). The molecule has 1 aromatic heterocycles. The van der Waals surface area contributed by atoms with E-state index in [2.05, 4.69) is 40.2 Å². The van der Waals surface area contributed by atoms with Gasteiger partial charge in [-0.1, -0.05) is 73.7 Å².